The summed E-state index contributed by atoms with van der Waals surface area (Å²) < 4.78 is 47.9. The number of hydrogen-bond acceptors (Lipinski definition) is 7. The summed E-state index contributed by atoms with van der Waals surface area (Å²) in [6.07, 6.45) is 0. The van der Waals surface area contributed by atoms with Gasteiger partial charge in [-0.15, -0.1) is 0 Å². The molecule has 0 aromatic heterocycles. The molecule has 0 saturated carbocycles. The molecule has 1 aliphatic rings. The molecule has 36 heavy (non-hydrogen) atoms. The highest BCUT2D eigenvalue weighted by Gasteiger charge is 2.47. The van der Waals surface area contributed by atoms with Crippen LogP contribution >= 0.6 is 0 Å². The molecule has 186 valence electrons. The van der Waals surface area contributed by atoms with Crippen LogP contribution in [0.2, 0.25) is 0 Å². The van der Waals surface area contributed by atoms with Crippen molar-refractivity contribution in [3.8, 4) is 11.5 Å². The maximum Gasteiger partial charge on any atom is 0.300 e. The molecule has 1 saturated heterocycles. The molecule has 1 unspecified atom stereocenters. The van der Waals surface area contributed by atoms with Gasteiger partial charge in [-0.05, 0) is 60.2 Å². The number of hydrogen-bond donors (Lipinski definition) is 2. The first-order valence-corrected chi connectivity index (χ1v) is 12.0. The number of aliphatic hydroxyl groups is 1. The molecule has 0 aliphatic carbocycles. The van der Waals surface area contributed by atoms with Crippen LogP contribution in [0.4, 0.5) is 10.1 Å². The number of carbonyl (C=O) groups excluding carboxylic acids is 2. The number of anilines is 1. The first kappa shape index (κ1) is 24.9. The monoisotopic (exact) mass is 512 g/mol. The Morgan fingerprint density at radius 1 is 1.00 bits per heavy atom. The predicted molar refractivity (Wildman–Crippen MR) is 129 cm³/mol. The van der Waals surface area contributed by atoms with Gasteiger partial charge in [0.15, 0.2) is 0 Å². The molecule has 1 heterocycles. The topological polar surface area (TPSA) is 136 Å². The van der Waals surface area contributed by atoms with E-state index in [1.165, 1.54) is 44.6 Å². The Morgan fingerprint density at radius 3 is 2.31 bits per heavy atom. The highest BCUT2D eigenvalue weighted by atomic mass is 32.2. The lowest BCUT2D eigenvalue weighted by Gasteiger charge is -2.26. The molecule has 11 heteroatoms. The van der Waals surface area contributed by atoms with Crippen LogP contribution in [0, 0.1) is 5.82 Å². The minimum atomic E-state index is -4.00. The Kier molecular flexibility index (Phi) is 6.53. The fraction of sp³-hybridized carbons (Fsp3) is 0.120. The van der Waals surface area contributed by atoms with Crippen molar-refractivity contribution in [3.05, 3.63) is 89.2 Å². The van der Waals surface area contributed by atoms with Crippen molar-refractivity contribution in [2.45, 2.75) is 10.9 Å². The molecule has 1 aliphatic heterocycles. The summed E-state index contributed by atoms with van der Waals surface area (Å²) in [6.45, 7) is 0. The van der Waals surface area contributed by atoms with E-state index in [4.69, 9.17) is 14.6 Å². The number of ketones is 1. The molecule has 3 aromatic carbocycles. The lowest BCUT2D eigenvalue weighted by molar-refractivity contribution is -0.132. The number of methoxy groups -OCH3 is 2. The number of rotatable bonds is 6. The highest BCUT2D eigenvalue weighted by molar-refractivity contribution is 7.89. The van der Waals surface area contributed by atoms with E-state index in [2.05, 4.69) is 0 Å². The Balaban J connectivity index is 1.98. The molecule has 3 aromatic rings. The number of nitrogens with zero attached hydrogens (tertiary/aromatic N) is 1. The van der Waals surface area contributed by atoms with Crippen molar-refractivity contribution in [1.82, 2.24) is 0 Å². The van der Waals surface area contributed by atoms with Gasteiger partial charge in [0.25, 0.3) is 11.7 Å². The average molecular weight is 513 g/mol. The number of ether oxygens (including phenoxy) is 2. The van der Waals surface area contributed by atoms with Crippen LogP contribution in [0.1, 0.15) is 17.2 Å². The summed E-state index contributed by atoms with van der Waals surface area (Å²) in [7, 11) is -1.24. The van der Waals surface area contributed by atoms with Crippen molar-refractivity contribution >= 4 is 33.2 Å². The zero-order valence-corrected chi connectivity index (χ0v) is 20.0. The summed E-state index contributed by atoms with van der Waals surface area (Å²) in [4.78, 5) is 27.4. The number of benzene rings is 3. The Hall–Kier alpha value is -4.22. The van der Waals surface area contributed by atoms with Crippen LogP contribution in [0.25, 0.3) is 5.76 Å². The third-order valence-corrected chi connectivity index (χ3v) is 6.64. The molecule has 1 fully saturated rings. The van der Waals surface area contributed by atoms with E-state index in [0.29, 0.717) is 11.3 Å². The molecule has 3 N–H and O–H groups in total. The van der Waals surface area contributed by atoms with Crippen LogP contribution in [0.3, 0.4) is 0 Å². The van der Waals surface area contributed by atoms with E-state index in [-0.39, 0.29) is 27.5 Å². The van der Waals surface area contributed by atoms with Gasteiger partial charge >= 0.3 is 0 Å². The number of carbonyl (C=O) groups is 2. The van der Waals surface area contributed by atoms with Gasteiger partial charge in [0.1, 0.15) is 23.1 Å². The largest absolute Gasteiger partial charge is 0.507 e. The van der Waals surface area contributed by atoms with Gasteiger partial charge in [-0.25, -0.2) is 17.9 Å². The van der Waals surface area contributed by atoms with E-state index in [1.807, 2.05) is 0 Å². The number of nitrogens with two attached hydrogens (primary N) is 1. The van der Waals surface area contributed by atoms with Gasteiger partial charge in [-0.2, -0.15) is 0 Å². The third kappa shape index (κ3) is 4.41. The Bertz CT molecular complexity index is 1500. The number of aliphatic hydroxyl groups excluding tert-OH is 1. The molecule has 9 nitrogen and oxygen atoms in total. The van der Waals surface area contributed by atoms with Gasteiger partial charge in [-0.1, -0.05) is 12.1 Å². The summed E-state index contributed by atoms with van der Waals surface area (Å²) in [5.41, 5.74) is 0.143. The molecule has 1 amide bonds. The maximum absolute atomic E-state index is 14.1. The first-order valence-electron chi connectivity index (χ1n) is 10.5. The second-order valence-corrected chi connectivity index (χ2v) is 9.39. The zero-order valence-electron chi connectivity index (χ0n) is 19.1. The second kappa shape index (κ2) is 9.44. The van der Waals surface area contributed by atoms with Gasteiger partial charge in [0.2, 0.25) is 10.0 Å². The predicted octanol–water partition coefficient (Wildman–Crippen LogP) is 3.12. The highest BCUT2D eigenvalue weighted by Crippen LogP contribution is 2.44. The normalized spacial score (nSPS) is 17.3. The van der Waals surface area contributed by atoms with Crippen molar-refractivity contribution in [3.63, 3.8) is 0 Å². The smallest absolute Gasteiger partial charge is 0.300 e. The molecule has 1 atom stereocenters. The van der Waals surface area contributed by atoms with E-state index in [0.717, 1.165) is 17.0 Å². The van der Waals surface area contributed by atoms with Crippen molar-refractivity contribution in [1.29, 1.82) is 0 Å². The number of Topliss-reactive ketones (excluding diaryl/α,β-unsaturated/α-hetero) is 1. The summed E-state index contributed by atoms with van der Waals surface area (Å²) in [6, 6.07) is 13.8. The lowest BCUT2D eigenvalue weighted by atomic mass is 9.94. The number of sulfonamides is 1. The molecular formula is C25H21FN2O7S. The fourth-order valence-electron chi connectivity index (χ4n) is 4.03. The zero-order chi connectivity index (χ0) is 26.2. The Labute approximate surface area is 206 Å². The van der Waals surface area contributed by atoms with Crippen molar-refractivity contribution in [2.75, 3.05) is 19.1 Å². The number of primary sulfonamides is 1. The standard InChI is InChI=1S/C25H21FN2O7S/c1-34-17-5-3-4-14(12-17)22-21(23(29)19-13-15(26)6-11-20(19)35-2)24(30)25(31)28(22)16-7-9-18(10-8-16)36(27,32)33/h3-13,22,29H,1-2H3,(H2,27,32,33)/b23-21+. The average Bonchev–Trinajstić information content (AvgIpc) is 3.13. The second-order valence-electron chi connectivity index (χ2n) is 7.83. The molecule has 0 spiro atoms. The van der Waals surface area contributed by atoms with Gasteiger partial charge < -0.3 is 14.6 Å². The summed E-state index contributed by atoms with van der Waals surface area (Å²) in [5.74, 6) is -2.83. The van der Waals surface area contributed by atoms with E-state index in [9.17, 15) is 27.5 Å². The quantitative estimate of drug-likeness (QED) is 0.294. The molecule has 0 bridgehead atoms. The molecular weight excluding hydrogens is 491 g/mol. The molecule has 0 radical (unpaired) electrons. The van der Waals surface area contributed by atoms with Crippen LogP contribution in [-0.4, -0.2) is 39.4 Å². The van der Waals surface area contributed by atoms with Crippen LogP contribution < -0.4 is 19.5 Å². The lowest BCUT2D eigenvalue weighted by Crippen LogP contribution is -2.29. The van der Waals surface area contributed by atoms with Crippen LogP contribution in [0.5, 0.6) is 11.5 Å². The van der Waals surface area contributed by atoms with Crippen LogP contribution in [0.15, 0.2) is 77.2 Å². The van der Waals surface area contributed by atoms with Crippen molar-refractivity contribution < 1.29 is 37.0 Å². The Morgan fingerprint density at radius 2 is 1.69 bits per heavy atom. The van der Waals surface area contributed by atoms with Gasteiger partial charge in [0, 0.05) is 5.69 Å². The van der Waals surface area contributed by atoms with E-state index < -0.39 is 39.3 Å². The number of amides is 1. The SMILES string of the molecule is COc1cccc(C2/C(=C(\O)c3cc(F)ccc3OC)C(=O)C(=O)N2c2ccc(S(N)(=O)=O)cc2)c1. The minimum absolute atomic E-state index is 0.0852. The summed E-state index contributed by atoms with van der Waals surface area (Å²) >= 11 is 0. The third-order valence-electron chi connectivity index (χ3n) is 5.71. The fourth-order valence-corrected chi connectivity index (χ4v) is 4.55. The minimum Gasteiger partial charge on any atom is -0.507 e. The molecule has 4 rings (SSSR count). The summed E-state index contributed by atoms with van der Waals surface area (Å²) in [5, 5.41) is 16.4. The first-order chi connectivity index (χ1) is 17.1. The van der Waals surface area contributed by atoms with Crippen molar-refractivity contribution in [2.24, 2.45) is 5.14 Å². The van der Waals surface area contributed by atoms with Gasteiger partial charge in [0.05, 0.1) is 36.3 Å². The van der Waals surface area contributed by atoms with Crippen LogP contribution in [-0.2, 0) is 19.6 Å². The number of halogens is 1. The van der Waals surface area contributed by atoms with E-state index >= 15 is 0 Å². The maximum atomic E-state index is 14.1. The van der Waals surface area contributed by atoms with E-state index in [1.54, 1.807) is 24.3 Å². The van der Waals surface area contributed by atoms with Gasteiger partial charge in [-0.3, -0.25) is 14.5 Å².